The lowest BCUT2D eigenvalue weighted by Crippen LogP contribution is -2.34. The Morgan fingerprint density at radius 2 is 1.77 bits per heavy atom. The van der Waals surface area contributed by atoms with Gasteiger partial charge in [0.05, 0.1) is 17.4 Å². The van der Waals surface area contributed by atoms with Crippen LogP contribution in [0.1, 0.15) is 37.4 Å². The molecule has 0 radical (unpaired) electrons. The highest BCUT2D eigenvalue weighted by Gasteiger charge is 2.33. The number of nitrogens with zero attached hydrogens (tertiary/aromatic N) is 2. The average Bonchev–Trinajstić information content (AvgIpc) is 3.01. The minimum absolute atomic E-state index is 0. The van der Waals surface area contributed by atoms with Crippen molar-refractivity contribution in [2.45, 2.75) is 32.7 Å². The number of rotatable bonds is 5. The van der Waals surface area contributed by atoms with Gasteiger partial charge in [-0.2, -0.15) is 0 Å². The summed E-state index contributed by atoms with van der Waals surface area (Å²) in [6.45, 7) is 8.83. The van der Waals surface area contributed by atoms with E-state index < -0.39 is 0 Å². The molecule has 2 aliphatic rings. The van der Waals surface area contributed by atoms with Crippen molar-refractivity contribution in [3.8, 4) is 0 Å². The monoisotopic (exact) mass is 481 g/mol. The van der Waals surface area contributed by atoms with Gasteiger partial charge in [0.15, 0.2) is 0 Å². The summed E-state index contributed by atoms with van der Waals surface area (Å²) >= 11 is 0. The number of halogens is 2. The van der Waals surface area contributed by atoms with Crippen LogP contribution in [0.4, 0.5) is 17.1 Å². The highest BCUT2D eigenvalue weighted by molar-refractivity contribution is 8.93. The molecular weight excluding hydrogens is 454 g/mol. The molecule has 2 heterocycles. The van der Waals surface area contributed by atoms with Crippen LogP contribution in [0.25, 0.3) is 0 Å². The van der Waals surface area contributed by atoms with Crippen molar-refractivity contribution in [2.75, 3.05) is 36.0 Å². The van der Waals surface area contributed by atoms with Gasteiger partial charge in [-0.1, -0.05) is 37.3 Å². The number of fused-ring (bicyclic) bond motifs is 2. The van der Waals surface area contributed by atoms with Gasteiger partial charge in [0.2, 0.25) is 0 Å². The Hall–Kier alpha value is -1.04. The third-order valence-corrected chi connectivity index (χ3v) is 5.38. The molecule has 2 aliphatic heterocycles. The molecule has 2 aromatic carbocycles. The van der Waals surface area contributed by atoms with Crippen LogP contribution in [0.3, 0.4) is 0 Å². The lowest BCUT2D eigenvalue weighted by atomic mass is 10.0. The molecule has 0 bridgehead atoms. The molecule has 0 saturated carbocycles. The van der Waals surface area contributed by atoms with Gasteiger partial charge < -0.3 is 15.1 Å². The van der Waals surface area contributed by atoms with E-state index in [0.29, 0.717) is 6.04 Å². The van der Waals surface area contributed by atoms with E-state index in [2.05, 4.69) is 71.4 Å². The smallest absolute Gasteiger partial charge is 0.0649 e. The van der Waals surface area contributed by atoms with Gasteiger partial charge in [0.1, 0.15) is 0 Å². The van der Waals surface area contributed by atoms with Gasteiger partial charge in [-0.3, -0.25) is 0 Å². The maximum absolute atomic E-state index is 3.56. The highest BCUT2D eigenvalue weighted by Crippen LogP contribution is 2.48. The summed E-state index contributed by atoms with van der Waals surface area (Å²) in [7, 11) is 0. The molecule has 0 aliphatic carbocycles. The Balaban J connectivity index is 0.00000121. The molecule has 2 aromatic rings. The van der Waals surface area contributed by atoms with E-state index in [-0.39, 0.29) is 34.0 Å². The maximum Gasteiger partial charge on any atom is 0.0649 e. The van der Waals surface area contributed by atoms with E-state index in [1.54, 1.807) is 0 Å². The predicted octanol–water partition coefficient (Wildman–Crippen LogP) is 5.42. The first-order valence-corrected chi connectivity index (χ1v) is 9.27. The van der Waals surface area contributed by atoms with Gasteiger partial charge in [-0.15, -0.1) is 34.0 Å². The SMILES string of the molecule is Br.Br.CCCNCCN1c2ccccc2N2CCc3cccc(c32)C1C. The molecule has 3 nitrogen and oxygen atoms in total. The molecule has 142 valence electrons. The summed E-state index contributed by atoms with van der Waals surface area (Å²) in [5, 5.41) is 3.56. The number of para-hydroxylation sites is 3. The first-order chi connectivity index (χ1) is 11.8. The summed E-state index contributed by atoms with van der Waals surface area (Å²) in [6, 6.07) is 16.2. The fourth-order valence-electron chi connectivity index (χ4n) is 4.19. The molecule has 0 spiro atoms. The topological polar surface area (TPSA) is 18.5 Å². The van der Waals surface area contributed by atoms with Crippen molar-refractivity contribution < 1.29 is 0 Å². The predicted molar refractivity (Wildman–Crippen MR) is 123 cm³/mol. The molecule has 0 amide bonds. The number of benzene rings is 2. The van der Waals surface area contributed by atoms with Gasteiger partial charge in [-0.05, 0) is 49.6 Å². The summed E-state index contributed by atoms with van der Waals surface area (Å²) in [5.41, 5.74) is 7.16. The van der Waals surface area contributed by atoms with Crippen LogP contribution in [0.5, 0.6) is 0 Å². The second kappa shape index (κ2) is 9.25. The van der Waals surface area contributed by atoms with Gasteiger partial charge in [0.25, 0.3) is 0 Å². The van der Waals surface area contributed by atoms with E-state index in [9.17, 15) is 0 Å². The summed E-state index contributed by atoms with van der Waals surface area (Å²) in [4.78, 5) is 5.11. The van der Waals surface area contributed by atoms with Crippen molar-refractivity contribution in [1.82, 2.24) is 5.32 Å². The Labute approximate surface area is 178 Å². The molecule has 26 heavy (non-hydrogen) atoms. The van der Waals surface area contributed by atoms with E-state index in [1.165, 1.54) is 34.6 Å². The first kappa shape index (κ1) is 21.3. The lowest BCUT2D eigenvalue weighted by molar-refractivity contribution is 0.612. The van der Waals surface area contributed by atoms with Gasteiger partial charge in [0, 0.05) is 25.3 Å². The molecule has 0 saturated heterocycles. The fourth-order valence-corrected chi connectivity index (χ4v) is 4.19. The van der Waals surface area contributed by atoms with Crippen LogP contribution < -0.4 is 15.1 Å². The second-order valence-electron chi connectivity index (χ2n) is 6.86. The van der Waals surface area contributed by atoms with Crippen molar-refractivity contribution in [3.63, 3.8) is 0 Å². The molecular formula is C21H29Br2N3. The average molecular weight is 483 g/mol. The quantitative estimate of drug-likeness (QED) is 0.574. The standard InChI is InChI=1S/C21H27N3.2BrH/c1-3-12-22-13-15-23-16(2)18-8-6-7-17-11-14-24(21(17)18)20-10-5-4-9-19(20)23;;/h4-10,16,22H,3,11-15H2,1-2H3;2*1H. The Bertz CT molecular complexity index is 735. The van der Waals surface area contributed by atoms with Crippen LogP contribution in [0.15, 0.2) is 42.5 Å². The Morgan fingerprint density at radius 1 is 1.00 bits per heavy atom. The summed E-state index contributed by atoms with van der Waals surface area (Å²) < 4.78 is 0. The minimum atomic E-state index is 0. The number of hydrogen-bond donors (Lipinski definition) is 1. The van der Waals surface area contributed by atoms with Crippen molar-refractivity contribution in [1.29, 1.82) is 0 Å². The second-order valence-corrected chi connectivity index (χ2v) is 6.86. The molecule has 0 aromatic heterocycles. The molecule has 4 rings (SSSR count). The highest BCUT2D eigenvalue weighted by atomic mass is 79.9. The zero-order valence-electron chi connectivity index (χ0n) is 15.6. The lowest BCUT2D eigenvalue weighted by Gasteiger charge is -2.31. The van der Waals surface area contributed by atoms with Crippen LogP contribution in [0, 0.1) is 0 Å². The van der Waals surface area contributed by atoms with Crippen molar-refractivity contribution in [3.05, 3.63) is 53.6 Å². The zero-order valence-corrected chi connectivity index (χ0v) is 19.0. The molecule has 1 unspecified atom stereocenters. The number of hydrogen-bond acceptors (Lipinski definition) is 3. The maximum atomic E-state index is 3.56. The van der Waals surface area contributed by atoms with Crippen LogP contribution in [-0.2, 0) is 6.42 Å². The number of anilines is 3. The fraction of sp³-hybridized carbons (Fsp3) is 0.429. The van der Waals surface area contributed by atoms with Crippen molar-refractivity contribution in [2.24, 2.45) is 0 Å². The molecule has 1 N–H and O–H groups in total. The Morgan fingerprint density at radius 3 is 2.54 bits per heavy atom. The third-order valence-electron chi connectivity index (χ3n) is 5.38. The largest absolute Gasteiger partial charge is 0.362 e. The van der Waals surface area contributed by atoms with Gasteiger partial charge in [-0.25, -0.2) is 0 Å². The zero-order chi connectivity index (χ0) is 16.5. The normalized spacial score (nSPS) is 16.9. The van der Waals surface area contributed by atoms with Crippen LogP contribution in [-0.4, -0.2) is 26.2 Å². The third kappa shape index (κ3) is 3.67. The van der Waals surface area contributed by atoms with E-state index in [0.717, 1.165) is 32.6 Å². The first-order valence-electron chi connectivity index (χ1n) is 9.27. The van der Waals surface area contributed by atoms with E-state index in [4.69, 9.17) is 0 Å². The molecule has 0 fully saturated rings. The van der Waals surface area contributed by atoms with Crippen LogP contribution in [0.2, 0.25) is 0 Å². The molecule has 1 atom stereocenters. The number of nitrogens with one attached hydrogen (secondary N) is 1. The van der Waals surface area contributed by atoms with Crippen LogP contribution >= 0.6 is 34.0 Å². The Kier molecular flexibility index (Phi) is 7.56. The van der Waals surface area contributed by atoms with E-state index in [1.807, 2.05) is 0 Å². The summed E-state index contributed by atoms with van der Waals surface area (Å²) in [6.07, 6.45) is 2.34. The van der Waals surface area contributed by atoms with Crippen molar-refractivity contribution >= 4 is 51.0 Å². The van der Waals surface area contributed by atoms with Gasteiger partial charge >= 0.3 is 0 Å². The summed E-state index contributed by atoms with van der Waals surface area (Å²) in [5.74, 6) is 0. The molecule has 5 heteroatoms. The minimum Gasteiger partial charge on any atom is -0.362 e. The van der Waals surface area contributed by atoms with E-state index >= 15 is 0 Å².